The van der Waals surface area contributed by atoms with E-state index in [0.29, 0.717) is 47.5 Å². The number of halogens is 1. The maximum atomic E-state index is 13.4. The number of aromatic nitrogens is 3. The fourth-order valence-corrected chi connectivity index (χ4v) is 9.51. The molecule has 8 rings (SSSR count). The highest BCUT2D eigenvalue weighted by Crippen LogP contribution is 2.40. The average molecular weight is 965 g/mol. The Hall–Kier alpha value is -7.52. The van der Waals surface area contributed by atoms with E-state index in [9.17, 15) is 38.9 Å². The van der Waals surface area contributed by atoms with Gasteiger partial charge in [-0.2, -0.15) is 0 Å². The second-order valence-corrected chi connectivity index (χ2v) is 17.8. The van der Waals surface area contributed by atoms with Crippen LogP contribution in [0, 0.1) is 30.9 Å². The summed E-state index contributed by atoms with van der Waals surface area (Å²) in [5, 5.41) is 32.9. The first kappa shape index (κ1) is 47.0. The van der Waals surface area contributed by atoms with E-state index in [1.165, 1.54) is 24.3 Å². The average Bonchev–Trinajstić information content (AvgIpc) is 3.89. The number of amides is 6. The number of nitrogens with one attached hydrogen (secondary N) is 4. The maximum Gasteiger partial charge on any atom is 0.407 e. The van der Waals surface area contributed by atoms with Gasteiger partial charge >= 0.3 is 6.09 Å². The SMILES string of the molecule is Cc1sc2c(c1C)C(c1ccc(Cl)cc1)=N[C@@H](CC(=O)NCCCNC(=O)OCc1cc(OCCCNc3cccc4c3C(=O)N(C3CCC(=O)NC3=O)C4=O)ccc1[N+](=O)[O-])c1nnc(C)n1-2. The molecule has 1 unspecified atom stereocenters. The van der Waals surface area contributed by atoms with E-state index in [1.807, 2.05) is 30.5 Å². The number of rotatable bonds is 17. The van der Waals surface area contributed by atoms with Gasteiger partial charge in [0.05, 0.1) is 40.4 Å². The standard InChI is InChI=1S/C46H45ClN10O10S/c1-24-25(2)68-45-38(24)40(27-9-11-29(47)12-10-27)51-33(41-54-53-26(3)55(41)45)22-37(59)49-17-5-18-50-46(63)67-23-28-21-30(13-14-34(28)57(64)65)66-20-6-19-48-32-8-4-7-31-39(32)44(62)56(43(31)61)35-15-16-36(58)52-42(35)60/h4,7-14,21,33,35,48H,5-6,15-20,22-23H2,1-3H3,(H,49,59)(H,50,63)(H,52,58,60)/t33-,35?/m0/s1. The molecule has 0 aliphatic carbocycles. The van der Waals surface area contributed by atoms with E-state index in [-0.39, 0.29) is 67.2 Å². The number of thiophene rings is 1. The number of carbonyl (C=O) groups is 6. The topological polar surface area (TPSA) is 258 Å². The monoisotopic (exact) mass is 964 g/mol. The molecule has 68 heavy (non-hydrogen) atoms. The van der Waals surface area contributed by atoms with Crippen molar-refractivity contribution in [1.29, 1.82) is 0 Å². The normalized spacial score (nSPS) is 16.2. The van der Waals surface area contributed by atoms with Crippen LogP contribution in [0.25, 0.3) is 5.00 Å². The number of benzene rings is 3. The van der Waals surface area contributed by atoms with Gasteiger partial charge in [0.2, 0.25) is 17.7 Å². The van der Waals surface area contributed by atoms with Crippen molar-refractivity contribution in [2.45, 2.75) is 71.6 Å². The lowest BCUT2D eigenvalue weighted by Crippen LogP contribution is -2.54. The molecule has 3 aromatic carbocycles. The van der Waals surface area contributed by atoms with E-state index in [2.05, 4.69) is 38.4 Å². The van der Waals surface area contributed by atoms with Crippen molar-refractivity contribution in [3.05, 3.63) is 126 Å². The molecule has 1 fully saturated rings. The molecule has 4 N–H and O–H groups in total. The summed E-state index contributed by atoms with van der Waals surface area (Å²) in [7, 11) is 0. The Morgan fingerprint density at radius 1 is 0.956 bits per heavy atom. The second-order valence-electron chi connectivity index (χ2n) is 16.2. The summed E-state index contributed by atoms with van der Waals surface area (Å²) >= 11 is 7.83. The third-order valence-electron chi connectivity index (χ3n) is 11.7. The Labute approximate surface area is 397 Å². The van der Waals surface area contributed by atoms with Gasteiger partial charge < -0.3 is 25.4 Å². The van der Waals surface area contributed by atoms with Gasteiger partial charge in [0.1, 0.15) is 35.3 Å². The Bertz CT molecular complexity index is 2900. The molecule has 5 aromatic rings. The fraction of sp³-hybridized carbons (Fsp3) is 0.326. The molecule has 0 radical (unpaired) electrons. The van der Waals surface area contributed by atoms with Crippen molar-refractivity contribution < 1.29 is 43.2 Å². The minimum Gasteiger partial charge on any atom is -0.494 e. The number of carbonyl (C=O) groups excluding carboxylic acids is 6. The van der Waals surface area contributed by atoms with Gasteiger partial charge in [0, 0.05) is 58.8 Å². The third kappa shape index (κ3) is 9.79. The molecule has 3 aliphatic heterocycles. The van der Waals surface area contributed by atoms with Crippen LogP contribution in [0.5, 0.6) is 5.75 Å². The van der Waals surface area contributed by atoms with Crippen molar-refractivity contribution in [3.8, 4) is 10.8 Å². The summed E-state index contributed by atoms with van der Waals surface area (Å²) in [4.78, 5) is 94.9. The lowest BCUT2D eigenvalue weighted by Gasteiger charge is -2.27. The number of aliphatic imine (C=N–C) groups is 1. The van der Waals surface area contributed by atoms with Gasteiger partial charge in [0.25, 0.3) is 17.5 Å². The summed E-state index contributed by atoms with van der Waals surface area (Å²) < 4.78 is 13.1. The fourth-order valence-electron chi connectivity index (χ4n) is 8.17. The molecular weight excluding hydrogens is 920 g/mol. The number of imide groups is 2. The number of anilines is 1. The number of aryl methyl sites for hydroxylation is 2. The van der Waals surface area contributed by atoms with Crippen molar-refractivity contribution in [2.75, 3.05) is 31.6 Å². The van der Waals surface area contributed by atoms with E-state index in [0.717, 1.165) is 37.2 Å². The van der Waals surface area contributed by atoms with Crippen molar-refractivity contribution in [1.82, 2.24) is 35.6 Å². The molecule has 20 nitrogen and oxygen atoms in total. The van der Waals surface area contributed by atoms with Crippen molar-refractivity contribution >= 4 is 75.7 Å². The van der Waals surface area contributed by atoms with Gasteiger partial charge in [-0.25, -0.2) is 4.79 Å². The Morgan fingerprint density at radius 2 is 1.74 bits per heavy atom. The van der Waals surface area contributed by atoms with Gasteiger partial charge in [-0.1, -0.05) is 29.8 Å². The molecule has 2 atom stereocenters. The predicted octanol–water partition coefficient (Wildman–Crippen LogP) is 5.81. The molecule has 0 spiro atoms. The van der Waals surface area contributed by atoms with E-state index in [4.69, 9.17) is 26.1 Å². The van der Waals surface area contributed by atoms with Crippen LogP contribution in [0.1, 0.15) is 97.6 Å². The minimum atomic E-state index is -1.09. The van der Waals surface area contributed by atoms with Gasteiger partial charge in [-0.3, -0.25) is 53.9 Å². The molecule has 22 heteroatoms. The highest BCUT2D eigenvalue weighted by molar-refractivity contribution is 7.15. The summed E-state index contributed by atoms with van der Waals surface area (Å²) in [6.07, 6.45) is -0.00410. The van der Waals surface area contributed by atoms with Crippen LogP contribution in [0.15, 0.2) is 65.7 Å². The first-order valence-electron chi connectivity index (χ1n) is 21.7. The number of nitro benzene ring substituents is 1. The van der Waals surface area contributed by atoms with Crippen LogP contribution < -0.4 is 26.0 Å². The zero-order valence-corrected chi connectivity index (χ0v) is 38.6. The number of hydrogen-bond donors (Lipinski definition) is 4. The molecule has 0 bridgehead atoms. The van der Waals surface area contributed by atoms with E-state index in [1.54, 1.807) is 35.6 Å². The molecular formula is C46H45ClN10O10S. The first-order valence-corrected chi connectivity index (χ1v) is 22.9. The quantitative estimate of drug-likeness (QED) is 0.0372. The Kier molecular flexibility index (Phi) is 13.9. The van der Waals surface area contributed by atoms with Crippen LogP contribution in [0.3, 0.4) is 0 Å². The van der Waals surface area contributed by atoms with Crippen molar-refractivity contribution in [3.63, 3.8) is 0 Å². The molecule has 3 aliphatic rings. The lowest BCUT2D eigenvalue weighted by atomic mass is 9.99. The van der Waals surface area contributed by atoms with Crippen LogP contribution >= 0.6 is 22.9 Å². The molecule has 5 heterocycles. The second kappa shape index (κ2) is 20.1. The zero-order valence-electron chi connectivity index (χ0n) is 37.1. The van der Waals surface area contributed by atoms with Crippen molar-refractivity contribution in [2.24, 2.45) is 4.99 Å². The number of hydrogen-bond acceptors (Lipinski definition) is 15. The zero-order chi connectivity index (χ0) is 48.2. The highest BCUT2D eigenvalue weighted by atomic mass is 35.5. The third-order valence-corrected chi connectivity index (χ3v) is 13.1. The number of nitro groups is 1. The summed E-state index contributed by atoms with van der Waals surface area (Å²) in [6, 6.07) is 14.5. The number of piperidine rings is 1. The number of nitrogens with zero attached hydrogens (tertiary/aromatic N) is 6. The van der Waals surface area contributed by atoms with E-state index < -0.39 is 53.3 Å². The summed E-state index contributed by atoms with van der Waals surface area (Å²) in [5.74, 6) is -1.17. The number of fused-ring (bicyclic) bond motifs is 4. The molecule has 2 aromatic heterocycles. The Morgan fingerprint density at radius 3 is 2.50 bits per heavy atom. The molecule has 352 valence electrons. The van der Waals surface area contributed by atoms with Gasteiger partial charge in [-0.15, -0.1) is 21.5 Å². The Balaban J connectivity index is 0.792. The minimum absolute atomic E-state index is 0.00855. The van der Waals surface area contributed by atoms with Crippen LogP contribution in [-0.4, -0.2) is 98.2 Å². The summed E-state index contributed by atoms with van der Waals surface area (Å²) in [5.41, 5.74) is 4.11. The number of alkyl carbamates (subject to hydrolysis) is 1. The maximum absolute atomic E-state index is 13.4. The molecule has 0 saturated carbocycles. The van der Waals surface area contributed by atoms with Gasteiger partial charge in [-0.05, 0) is 82.0 Å². The smallest absolute Gasteiger partial charge is 0.407 e. The predicted molar refractivity (Wildman–Crippen MR) is 249 cm³/mol. The number of ether oxygens (including phenoxy) is 2. The first-order chi connectivity index (χ1) is 32.7. The lowest BCUT2D eigenvalue weighted by molar-refractivity contribution is -0.385. The van der Waals surface area contributed by atoms with Crippen LogP contribution in [0.4, 0.5) is 16.2 Å². The molecule has 1 saturated heterocycles. The largest absolute Gasteiger partial charge is 0.494 e. The summed E-state index contributed by atoms with van der Waals surface area (Å²) in [6.45, 7) is 6.38. The molecule has 6 amide bonds. The van der Waals surface area contributed by atoms with Crippen LogP contribution in [0.2, 0.25) is 5.02 Å². The highest BCUT2D eigenvalue weighted by Gasteiger charge is 2.45. The van der Waals surface area contributed by atoms with Crippen LogP contribution in [-0.2, 0) is 25.7 Å². The van der Waals surface area contributed by atoms with Gasteiger partial charge in [0.15, 0.2) is 5.82 Å². The van der Waals surface area contributed by atoms with E-state index >= 15 is 0 Å².